The number of carbonyl (C=O) groups is 2. The van der Waals surface area contributed by atoms with Crippen molar-refractivity contribution in [2.24, 2.45) is 5.92 Å². The number of amides is 2. The molecule has 0 saturated carbocycles. The van der Waals surface area contributed by atoms with Gasteiger partial charge in [-0.3, -0.25) is 9.59 Å². The second kappa shape index (κ2) is 7.66. The summed E-state index contributed by atoms with van der Waals surface area (Å²) in [6.07, 6.45) is 0.137. The van der Waals surface area contributed by atoms with E-state index in [0.717, 1.165) is 0 Å². The quantitative estimate of drug-likeness (QED) is 0.871. The minimum atomic E-state index is -0.462. The van der Waals surface area contributed by atoms with E-state index in [-0.39, 0.29) is 24.8 Å². The van der Waals surface area contributed by atoms with Gasteiger partial charge in [0, 0.05) is 36.9 Å². The highest BCUT2D eigenvalue weighted by molar-refractivity contribution is 6.33. The van der Waals surface area contributed by atoms with Gasteiger partial charge in [0.1, 0.15) is 11.5 Å². The second-order valence-electron chi connectivity index (χ2n) is 5.95. The number of hydrogen-bond acceptors (Lipinski definition) is 4. The first kappa shape index (κ1) is 18.1. The minimum Gasteiger partial charge on any atom is -0.497 e. The number of anilines is 2. The zero-order chi connectivity index (χ0) is 18.7. The van der Waals surface area contributed by atoms with Crippen LogP contribution in [0.5, 0.6) is 11.5 Å². The van der Waals surface area contributed by atoms with Gasteiger partial charge in [-0.05, 0) is 12.1 Å². The number of methoxy groups -OCH3 is 2. The van der Waals surface area contributed by atoms with Crippen LogP contribution in [-0.2, 0) is 9.59 Å². The Morgan fingerprint density at radius 3 is 2.42 bits per heavy atom. The fraction of sp³-hybridized carbons (Fsp3) is 0.263. The number of halogens is 1. The molecule has 1 aliphatic rings. The third-order valence-electron chi connectivity index (χ3n) is 4.26. The van der Waals surface area contributed by atoms with E-state index in [1.807, 2.05) is 6.07 Å². The summed E-state index contributed by atoms with van der Waals surface area (Å²) < 4.78 is 10.4. The van der Waals surface area contributed by atoms with Crippen LogP contribution in [0.25, 0.3) is 0 Å². The Morgan fingerprint density at radius 1 is 1.15 bits per heavy atom. The zero-order valence-corrected chi connectivity index (χ0v) is 15.2. The van der Waals surface area contributed by atoms with Crippen LogP contribution < -0.4 is 19.7 Å². The summed E-state index contributed by atoms with van der Waals surface area (Å²) in [5.41, 5.74) is 1.17. The van der Waals surface area contributed by atoms with Gasteiger partial charge in [-0.15, -0.1) is 0 Å². The number of nitrogens with one attached hydrogen (secondary N) is 1. The first-order valence-electron chi connectivity index (χ1n) is 8.10. The predicted octanol–water partition coefficient (Wildman–Crippen LogP) is 3.35. The average Bonchev–Trinajstić information content (AvgIpc) is 3.03. The molecule has 0 bridgehead atoms. The SMILES string of the molecule is COc1cc(NC(=O)C2CC(=O)N(c3ccccc3Cl)C2)cc(OC)c1. The third kappa shape index (κ3) is 3.75. The highest BCUT2D eigenvalue weighted by Crippen LogP contribution is 2.32. The summed E-state index contributed by atoms with van der Waals surface area (Å²) in [5.74, 6) is 0.320. The van der Waals surface area contributed by atoms with Crippen LogP contribution in [0.1, 0.15) is 6.42 Å². The summed E-state index contributed by atoms with van der Waals surface area (Å²) in [7, 11) is 3.08. The topological polar surface area (TPSA) is 67.9 Å². The molecule has 1 heterocycles. The molecule has 2 aromatic carbocycles. The van der Waals surface area contributed by atoms with Gasteiger partial charge < -0.3 is 19.7 Å². The lowest BCUT2D eigenvalue weighted by Gasteiger charge is -2.18. The van der Waals surface area contributed by atoms with Crippen molar-refractivity contribution < 1.29 is 19.1 Å². The molecule has 136 valence electrons. The summed E-state index contributed by atoms with van der Waals surface area (Å²) in [5, 5.41) is 3.32. The smallest absolute Gasteiger partial charge is 0.229 e. The highest BCUT2D eigenvalue weighted by Gasteiger charge is 2.35. The molecule has 7 heteroatoms. The normalized spacial score (nSPS) is 16.5. The summed E-state index contributed by atoms with van der Waals surface area (Å²) in [4.78, 5) is 26.5. The first-order valence-corrected chi connectivity index (χ1v) is 8.48. The molecule has 6 nitrogen and oxygen atoms in total. The van der Waals surface area contributed by atoms with E-state index < -0.39 is 5.92 Å². The molecule has 0 radical (unpaired) electrons. The van der Waals surface area contributed by atoms with Crippen LogP contribution in [0.3, 0.4) is 0 Å². The Morgan fingerprint density at radius 2 is 1.81 bits per heavy atom. The van der Waals surface area contributed by atoms with Crippen molar-refractivity contribution in [3.05, 3.63) is 47.5 Å². The number of nitrogens with zero attached hydrogens (tertiary/aromatic N) is 1. The van der Waals surface area contributed by atoms with Crippen molar-refractivity contribution in [2.75, 3.05) is 31.0 Å². The maximum atomic E-state index is 12.6. The van der Waals surface area contributed by atoms with E-state index in [0.29, 0.717) is 27.9 Å². The maximum Gasteiger partial charge on any atom is 0.229 e. The molecule has 2 aromatic rings. The number of rotatable bonds is 5. The van der Waals surface area contributed by atoms with Gasteiger partial charge in [-0.1, -0.05) is 23.7 Å². The molecule has 3 rings (SSSR count). The highest BCUT2D eigenvalue weighted by atomic mass is 35.5. The van der Waals surface area contributed by atoms with Crippen LogP contribution in [0.15, 0.2) is 42.5 Å². The lowest BCUT2D eigenvalue weighted by atomic mass is 10.1. The van der Waals surface area contributed by atoms with Crippen LogP contribution in [0.2, 0.25) is 5.02 Å². The second-order valence-corrected chi connectivity index (χ2v) is 6.35. The molecule has 1 unspecified atom stereocenters. The Hall–Kier alpha value is -2.73. The first-order chi connectivity index (χ1) is 12.5. The van der Waals surface area contributed by atoms with Crippen molar-refractivity contribution in [1.82, 2.24) is 0 Å². The molecule has 0 aromatic heterocycles. The lowest BCUT2D eigenvalue weighted by molar-refractivity contribution is -0.122. The Bertz CT molecular complexity index is 818. The number of hydrogen-bond donors (Lipinski definition) is 1. The van der Waals surface area contributed by atoms with E-state index in [4.69, 9.17) is 21.1 Å². The van der Waals surface area contributed by atoms with Crippen LogP contribution in [-0.4, -0.2) is 32.6 Å². The fourth-order valence-corrected chi connectivity index (χ4v) is 3.15. The standard InChI is InChI=1S/C19H19ClN2O4/c1-25-14-8-13(9-15(10-14)26-2)21-19(24)12-7-18(23)22(11-12)17-6-4-3-5-16(17)20/h3-6,8-10,12H,7,11H2,1-2H3,(H,21,24). The molecule has 1 aliphatic heterocycles. The molecular formula is C19H19ClN2O4. The molecule has 1 fully saturated rings. The van der Waals surface area contributed by atoms with Crippen molar-refractivity contribution in [3.63, 3.8) is 0 Å². The van der Waals surface area contributed by atoms with E-state index >= 15 is 0 Å². The van der Waals surface area contributed by atoms with Crippen LogP contribution >= 0.6 is 11.6 Å². The number of para-hydroxylation sites is 1. The summed E-state index contributed by atoms with van der Waals surface area (Å²) in [6.45, 7) is 0.287. The molecule has 1 atom stereocenters. The monoisotopic (exact) mass is 374 g/mol. The Kier molecular flexibility index (Phi) is 5.32. The molecule has 0 aliphatic carbocycles. The van der Waals surface area contributed by atoms with Gasteiger partial charge in [-0.25, -0.2) is 0 Å². The van der Waals surface area contributed by atoms with Gasteiger partial charge in [0.15, 0.2) is 0 Å². The molecule has 26 heavy (non-hydrogen) atoms. The molecule has 1 saturated heterocycles. The van der Waals surface area contributed by atoms with Crippen molar-refractivity contribution in [2.45, 2.75) is 6.42 Å². The number of benzene rings is 2. The third-order valence-corrected chi connectivity index (χ3v) is 4.58. The lowest BCUT2D eigenvalue weighted by Crippen LogP contribution is -2.28. The summed E-state index contributed by atoms with van der Waals surface area (Å²) >= 11 is 6.17. The van der Waals surface area contributed by atoms with Gasteiger partial charge in [-0.2, -0.15) is 0 Å². The maximum absolute atomic E-state index is 12.6. The Balaban J connectivity index is 1.74. The predicted molar refractivity (Wildman–Crippen MR) is 100 cm³/mol. The van der Waals surface area contributed by atoms with E-state index in [1.165, 1.54) is 14.2 Å². The van der Waals surface area contributed by atoms with Gasteiger partial charge in [0.05, 0.1) is 30.8 Å². The molecule has 1 N–H and O–H groups in total. The average molecular weight is 375 g/mol. The summed E-state index contributed by atoms with van der Waals surface area (Å²) in [6, 6.07) is 12.2. The van der Waals surface area contributed by atoms with Crippen molar-refractivity contribution in [1.29, 1.82) is 0 Å². The Labute approximate surface area is 156 Å². The van der Waals surface area contributed by atoms with Gasteiger partial charge >= 0.3 is 0 Å². The van der Waals surface area contributed by atoms with Crippen LogP contribution in [0, 0.1) is 5.92 Å². The van der Waals surface area contributed by atoms with E-state index in [2.05, 4.69) is 5.32 Å². The fourth-order valence-electron chi connectivity index (χ4n) is 2.91. The largest absolute Gasteiger partial charge is 0.497 e. The molecular weight excluding hydrogens is 356 g/mol. The number of ether oxygens (including phenoxy) is 2. The number of carbonyl (C=O) groups excluding carboxylic acids is 2. The van der Waals surface area contributed by atoms with Gasteiger partial charge in [0.25, 0.3) is 0 Å². The van der Waals surface area contributed by atoms with Crippen molar-refractivity contribution >= 4 is 34.8 Å². The molecule has 0 spiro atoms. The van der Waals surface area contributed by atoms with Gasteiger partial charge in [0.2, 0.25) is 11.8 Å². The zero-order valence-electron chi connectivity index (χ0n) is 14.5. The van der Waals surface area contributed by atoms with E-state index in [1.54, 1.807) is 41.3 Å². The van der Waals surface area contributed by atoms with E-state index in [9.17, 15) is 9.59 Å². The van der Waals surface area contributed by atoms with Crippen molar-refractivity contribution in [3.8, 4) is 11.5 Å². The minimum absolute atomic E-state index is 0.124. The van der Waals surface area contributed by atoms with Crippen LogP contribution in [0.4, 0.5) is 11.4 Å². The molecule has 2 amide bonds.